The molecule has 0 unspecified atom stereocenters. The molecule has 0 atom stereocenters. The molecule has 0 radical (unpaired) electrons. The molecule has 0 bridgehead atoms. The van der Waals surface area contributed by atoms with Crippen molar-refractivity contribution in [2.45, 2.75) is 30.2 Å². The minimum absolute atomic E-state index is 0.0159. The van der Waals surface area contributed by atoms with Crippen LogP contribution in [0.4, 0.5) is 14.5 Å². The Bertz CT molecular complexity index is 1790. The van der Waals surface area contributed by atoms with Crippen LogP contribution in [-0.4, -0.2) is 22.8 Å². The van der Waals surface area contributed by atoms with Gasteiger partial charge in [0.15, 0.2) is 11.3 Å². The first kappa shape index (κ1) is 25.5. The van der Waals surface area contributed by atoms with Crippen LogP contribution in [0, 0.1) is 11.6 Å². The van der Waals surface area contributed by atoms with E-state index in [9.17, 15) is 23.5 Å². The fourth-order valence-electron chi connectivity index (χ4n) is 4.57. The van der Waals surface area contributed by atoms with Gasteiger partial charge in [-0.25, -0.2) is 13.6 Å². The molecule has 9 heteroatoms. The second-order valence-electron chi connectivity index (χ2n) is 8.70. The largest absolute Gasteiger partial charge is 0.505 e. The number of rotatable bonds is 7. The second-order valence-corrected chi connectivity index (χ2v) is 9.75. The van der Waals surface area contributed by atoms with E-state index in [0.717, 1.165) is 18.8 Å². The maximum absolute atomic E-state index is 14.3. The van der Waals surface area contributed by atoms with Crippen molar-refractivity contribution in [3.8, 4) is 5.75 Å². The lowest BCUT2D eigenvalue weighted by molar-refractivity contribution is 0.446. The third-order valence-corrected chi connectivity index (χ3v) is 7.56. The van der Waals surface area contributed by atoms with Crippen LogP contribution in [0.15, 0.2) is 90.5 Å². The van der Waals surface area contributed by atoms with Crippen LogP contribution in [-0.2, 0) is 6.54 Å². The number of aromatic hydroxyl groups is 1. The van der Waals surface area contributed by atoms with Crippen molar-refractivity contribution >= 4 is 39.3 Å². The SMILES string of the molecule is CCN(CC)c1ccc2c(c1)c1oc(=O)c(Sc3ccccc3F)c(O)c1c(=O)n2Cc1cccc(F)c1. The van der Waals surface area contributed by atoms with Gasteiger partial charge in [-0.15, -0.1) is 0 Å². The summed E-state index contributed by atoms with van der Waals surface area (Å²) in [5.74, 6) is -1.61. The van der Waals surface area contributed by atoms with Gasteiger partial charge in [0.1, 0.15) is 21.9 Å². The van der Waals surface area contributed by atoms with E-state index in [-0.39, 0.29) is 27.3 Å². The number of fused-ring (bicyclic) bond motifs is 3. The highest BCUT2D eigenvalue weighted by atomic mass is 32.2. The number of nitrogens with zero attached hydrogens (tertiary/aromatic N) is 2. The van der Waals surface area contributed by atoms with E-state index in [2.05, 4.69) is 4.90 Å². The third-order valence-electron chi connectivity index (χ3n) is 6.44. The summed E-state index contributed by atoms with van der Waals surface area (Å²) in [6.45, 7) is 5.48. The summed E-state index contributed by atoms with van der Waals surface area (Å²) in [5, 5.41) is 11.5. The smallest absolute Gasteiger partial charge is 0.354 e. The summed E-state index contributed by atoms with van der Waals surface area (Å²) in [7, 11) is 0. The number of anilines is 1. The van der Waals surface area contributed by atoms with E-state index in [1.165, 1.54) is 34.9 Å². The molecule has 0 aliphatic heterocycles. The maximum Gasteiger partial charge on any atom is 0.354 e. The van der Waals surface area contributed by atoms with Gasteiger partial charge in [-0.2, -0.15) is 0 Å². The molecule has 0 saturated heterocycles. The van der Waals surface area contributed by atoms with Gasteiger partial charge in [-0.3, -0.25) is 4.79 Å². The van der Waals surface area contributed by atoms with Crippen LogP contribution in [0.1, 0.15) is 19.4 Å². The summed E-state index contributed by atoms with van der Waals surface area (Å²) in [5.41, 5.74) is 0.267. The highest BCUT2D eigenvalue weighted by Crippen LogP contribution is 2.38. The van der Waals surface area contributed by atoms with Crippen LogP contribution < -0.4 is 16.1 Å². The van der Waals surface area contributed by atoms with Crippen LogP contribution in [0.5, 0.6) is 5.75 Å². The first-order valence-electron chi connectivity index (χ1n) is 12.1. The molecule has 2 heterocycles. The predicted molar refractivity (Wildman–Crippen MR) is 146 cm³/mol. The second kappa shape index (κ2) is 10.3. The van der Waals surface area contributed by atoms with Crippen molar-refractivity contribution in [1.29, 1.82) is 0 Å². The fraction of sp³-hybridized carbons (Fsp3) is 0.172. The van der Waals surface area contributed by atoms with Crippen molar-refractivity contribution in [1.82, 2.24) is 4.57 Å². The minimum Gasteiger partial charge on any atom is -0.505 e. The summed E-state index contributed by atoms with van der Waals surface area (Å²) >= 11 is 0.686. The van der Waals surface area contributed by atoms with Gasteiger partial charge in [-0.1, -0.05) is 36.0 Å². The molecule has 6 nitrogen and oxygen atoms in total. The average molecular weight is 535 g/mol. The molecule has 0 aliphatic carbocycles. The summed E-state index contributed by atoms with van der Waals surface area (Å²) < 4.78 is 35.3. The topological polar surface area (TPSA) is 75.7 Å². The van der Waals surface area contributed by atoms with Crippen LogP contribution in [0.25, 0.3) is 21.9 Å². The lowest BCUT2D eigenvalue weighted by atomic mass is 10.1. The number of hydrogen-bond donors (Lipinski definition) is 1. The van der Waals surface area contributed by atoms with Crippen molar-refractivity contribution in [3.63, 3.8) is 0 Å². The van der Waals surface area contributed by atoms with Crippen molar-refractivity contribution < 1.29 is 18.3 Å². The number of benzene rings is 3. The summed E-state index contributed by atoms with van der Waals surface area (Å²) in [6.07, 6.45) is 0. The Kier molecular flexibility index (Phi) is 6.94. The standard InChI is InChI=1S/C29H24F2N2O4S/c1-3-32(4-2)19-12-13-22-20(15-19)26-24(28(35)33(22)16-17-8-7-9-18(30)14-17)25(34)27(29(36)37-26)38-23-11-6-5-10-21(23)31/h5-15,34H,3-4,16H2,1-2H3. The Morgan fingerprint density at radius 1 is 0.974 bits per heavy atom. The first-order chi connectivity index (χ1) is 18.3. The van der Waals surface area contributed by atoms with Crippen LogP contribution >= 0.6 is 11.8 Å². The third kappa shape index (κ3) is 4.54. The van der Waals surface area contributed by atoms with Gasteiger partial charge in [-0.05, 0) is 61.9 Å². The van der Waals surface area contributed by atoms with E-state index in [0.29, 0.717) is 28.2 Å². The molecule has 2 aromatic heterocycles. The molecule has 194 valence electrons. The Hall–Kier alpha value is -4.11. The highest BCUT2D eigenvalue weighted by Gasteiger charge is 2.23. The van der Waals surface area contributed by atoms with Crippen molar-refractivity contribution in [3.05, 3.63) is 105 Å². The monoisotopic (exact) mass is 534 g/mol. The van der Waals surface area contributed by atoms with Gasteiger partial charge < -0.3 is 19.0 Å². The fourth-order valence-corrected chi connectivity index (χ4v) is 5.43. The Balaban J connectivity index is 1.83. The zero-order valence-electron chi connectivity index (χ0n) is 20.7. The molecule has 0 amide bonds. The number of pyridine rings is 1. The molecule has 0 fully saturated rings. The molecule has 5 aromatic rings. The van der Waals surface area contributed by atoms with Crippen molar-refractivity contribution in [2.75, 3.05) is 18.0 Å². The lowest BCUT2D eigenvalue weighted by Crippen LogP contribution is -2.24. The zero-order valence-corrected chi connectivity index (χ0v) is 21.5. The normalized spacial score (nSPS) is 11.4. The first-order valence-corrected chi connectivity index (χ1v) is 12.9. The van der Waals surface area contributed by atoms with Gasteiger partial charge in [0.2, 0.25) is 0 Å². The Labute approximate surface area is 220 Å². The Morgan fingerprint density at radius 2 is 1.74 bits per heavy atom. The van der Waals surface area contributed by atoms with Crippen molar-refractivity contribution in [2.24, 2.45) is 0 Å². The van der Waals surface area contributed by atoms with Gasteiger partial charge in [0.05, 0.1) is 12.1 Å². The Morgan fingerprint density at radius 3 is 2.45 bits per heavy atom. The van der Waals surface area contributed by atoms with Crippen LogP contribution in [0.2, 0.25) is 0 Å². The van der Waals surface area contributed by atoms with Crippen LogP contribution in [0.3, 0.4) is 0 Å². The van der Waals surface area contributed by atoms with Gasteiger partial charge >= 0.3 is 5.63 Å². The van der Waals surface area contributed by atoms with Gasteiger partial charge in [0.25, 0.3) is 5.56 Å². The molecule has 5 rings (SSSR count). The molecule has 1 N–H and O–H groups in total. The maximum atomic E-state index is 14.3. The number of aromatic nitrogens is 1. The summed E-state index contributed by atoms with van der Waals surface area (Å²) in [6, 6.07) is 17.1. The minimum atomic E-state index is -0.889. The van der Waals surface area contributed by atoms with E-state index >= 15 is 0 Å². The molecule has 3 aromatic carbocycles. The number of halogens is 2. The quantitative estimate of drug-likeness (QED) is 0.253. The molecular weight excluding hydrogens is 510 g/mol. The number of hydrogen-bond acceptors (Lipinski definition) is 6. The van der Waals surface area contributed by atoms with E-state index in [1.807, 2.05) is 19.9 Å². The molecular formula is C29H24F2N2O4S. The average Bonchev–Trinajstić information content (AvgIpc) is 2.90. The molecule has 0 saturated carbocycles. The molecule has 0 spiro atoms. The molecule has 0 aliphatic rings. The molecule has 38 heavy (non-hydrogen) atoms. The van der Waals surface area contributed by atoms with Gasteiger partial charge in [0, 0.05) is 29.1 Å². The highest BCUT2D eigenvalue weighted by molar-refractivity contribution is 7.99. The van der Waals surface area contributed by atoms with E-state index < -0.39 is 28.6 Å². The zero-order chi connectivity index (χ0) is 27.0. The summed E-state index contributed by atoms with van der Waals surface area (Å²) in [4.78, 5) is 28.8. The predicted octanol–water partition coefficient (Wildman–Crippen LogP) is 6.14. The van der Waals surface area contributed by atoms with E-state index in [1.54, 1.807) is 30.3 Å². The van der Waals surface area contributed by atoms with E-state index in [4.69, 9.17) is 4.42 Å². The lowest BCUT2D eigenvalue weighted by Gasteiger charge is -2.22.